The van der Waals surface area contributed by atoms with Crippen LogP contribution in [0.4, 0.5) is 10.5 Å². The van der Waals surface area contributed by atoms with Gasteiger partial charge >= 0.3 is 12.0 Å². The van der Waals surface area contributed by atoms with Crippen LogP contribution in [0.25, 0.3) is 0 Å². The summed E-state index contributed by atoms with van der Waals surface area (Å²) >= 11 is 3.21. The number of amides is 2. The molecule has 21 heavy (non-hydrogen) atoms. The average molecular weight is 356 g/mol. The molecule has 114 valence electrons. The Balaban J connectivity index is 1.85. The van der Waals surface area contributed by atoms with Crippen molar-refractivity contribution in [2.45, 2.75) is 18.9 Å². The Labute approximate surface area is 131 Å². The van der Waals surface area contributed by atoms with Gasteiger partial charge < -0.3 is 20.6 Å². The number of nitrogens with zero attached hydrogens (tertiary/aromatic N) is 1. The van der Waals surface area contributed by atoms with Gasteiger partial charge in [0.2, 0.25) is 0 Å². The number of hydrogen-bond acceptors (Lipinski definition) is 3. The molecular formula is C14H18BrN3O3. The predicted molar refractivity (Wildman–Crippen MR) is 83.8 cm³/mol. The van der Waals surface area contributed by atoms with Crippen LogP contribution in [0.5, 0.6) is 0 Å². The number of urea groups is 1. The van der Waals surface area contributed by atoms with E-state index in [1.165, 1.54) is 18.9 Å². The molecule has 3 N–H and O–H groups in total. The summed E-state index contributed by atoms with van der Waals surface area (Å²) in [5, 5.41) is 14.4. The normalized spacial score (nSPS) is 14.0. The van der Waals surface area contributed by atoms with Crippen molar-refractivity contribution < 1.29 is 14.7 Å². The number of hydrogen-bond donors (Lipinski definition) is 3. The number of nitrogens with one attached hydrogen (secondary N) is 2. The molecule has 1 fully saturated rings. The standard InChI is InChI=1S/C14H18BrN3O3/c1-18(10-3-4-10)7-6-16-14(21)17-12-5-2-9(15)8-11(12)13(19)20/h2,5,8,10H,3-4,6-7H2,1H3,(H,19,20)(H2,16,17,21). The van der Waals surface area contributed by atoms with Gasteiger partial charge in [-0.1, -0.05) is 15.9 Å². The maximum atomic E-state index is 11.8. The Morgan fingerprint density at radius 2 is 2.14 bits per heavy atom. The largest absolute Gasteiger partial charge is 0.478 e. The van der Waals surface area contributed by atoms with Crippen molar-refractivity contribution in [2.75, 3.05) is 25.5 Å². The zero-order chi connectivity index (χ0) is 15.4. The highest BCUT2D eigenvalue weighted by atomic mass is 79.9. The molecule has 0 aromatic heterocycles. The minimum atomic E-state index is -1.08. The van der Waals surface area contributed by atoms with Gasteiger partial charge in [-0.3, -0.25) is 0 Å². The number of rotatable bonds is 6. The molecule has 1 aromatic rings. The first-order valence-electron chi connectivity index (χ1n) is 6.75. The van der Waals surface area contributed by atoms with E-state index in [1.54, 1.807) is 12.1 Å². The molecular weight excluding hydrogens is 338 g/mol. The monoisotopic (exact) mass is 355 g/mol. The molecule has 0 heterocycles. The predicted octanol–water partition coefficient (Wildman–Crippen LogP) is 2.36. The maximum Gasteiger partial charge on any atom is 0.337 e. The first-order chi connectivity index (χ1) is 9.97. The van der Waals surface area contributed by atoms with Crippen LogP contribution in [0, 0.1) is 0 Å². The van der Waals surface area contributed by atoms with Gasteiger partial charge in [-0.15, -0.1) is 0 Å². The lowest BCUT2D eigenvalue weighted by Crippen LogP contribution is -2.36. The number of carboxylic acids is 1. The van der Waals surface area contributed by atoms with E-state index in [-0.39, 0.29) is 11.3 Å². The van der Waals surface area contributed by atoms with E-state index >= 15 is 0 Å². The number of carboxylic acid groups (broad SMARTS) is 1. The fourth-order valence-corrected chi connectivity index (χ4v) is 2.37. The molecule has 6 nitrogen and oxygen atoms in total. The molecule has 0 bridgehead atoms. The summed E-state index contributed by atoms with van der Waals surface area (Å²) in [6.07, 6.45) is 2.45. The Morgan fingerprint density at radius 3 is 2.76 bits per heavy atom. The van der Waals surface area contributed by atoms with Gasteiger partial charge in [0.05, 0.1) is 11.3 Å². The summed E-state index contributed by atoms with van der Waals surface area (Å²) in [7, 11) is 2.04. The number of aromatic carboxylic acids is 1. The van der Waals surface area contributed by atoms with Crippen molar-refractivity contribution in [3.8, 4) is 0 Å². The van der Waals surface area contributed by atoms with Crippen molar-refractivity contribution in [3.63, 3.8) is 0 Å². The van der Waals surface area contributed by atoms with E-state index in [4.69, 9.17) is 5.11 Å². The number of halogens is 1. The second kappa shape index (κ2) is 6.91. The van der Waals surface area contributed by atoms with Crippen LogP contribution in [0.2, 0.25) is 0 Å². The van der Waals surface area contributed by atoms with Gasteiger partial charge in [0, 0.05) is 23.6 Å². The molecule has 0 aliphatic heterocycles. The Kier molecular flexibility index (Phi) is 5.19. The van der Waals surface area contributed by atoms with Crippen LogP contribution in [-0.4, -0.2) is 48.2 Å². The van der Waals surface area contributed by atoms with Crippen LogP contribution in [0.3, 0.4) is 0 Å². The lowest BCUT2D eigenvalue weighted by atomic mass is 10.2. The van der Waals surface area contributed by atoms with Crippen molar-refractivity contribution >= 4 is 33.6 Å². The molecule has 1 aliphatic rings. The summed E-state index contributed by atoms with van der Waals surface area (Å²) in [5.41, 5.74) is 0.327. The molecule has 0 atom stereocenters. The van der Waals surface area contributed by atoms with Crippen molar-refractivity contribution in [1.82, 2.24) is 10.2 Å². The maximum absolute atomic E-state index is 11.8. The smallest absolute Gasteiger partial charge is 0.337 e. The second-order valence-electron chi connectivity index (χ2n) is 5.09. The van der Waals surface area contributed by atoms with Gasteiger partial charge in [0.15, 0.2) is 0 Å². The Morgan fingerprint density at radius 1 is 1.43 bits per heavy atom. The third kappa shape index (κ3) is 4.71. The summed E-state index contributed by atoms with van der Waals surface area (Å²) in [6.45, 7) is 1.31. The van der Waals surface area contributed by atoms with E-state index < -0.39 is 12.0 Å². The summed E-state index contributed by atoms with van der Waals surface area (Å²) in [4.78, 5) is 25.1. The van der Waals surface area contributed by atoms with Crippen LogP contribution in [0.1, 0.15) is 23.2 Å². The molecule has 0 radical (unpaired) electrons. The molecule has 7 heteroatoms. The zero-order valence-corrected chi connectivity index (χ0v) is 13.3. The molecule has 1 saturated carbocycles. The second-order valence-corrected chi connectivity index (χ2v) is 6.00. The lowest BCUT2D eigenvalue weighted by Gasteiger charge is -2.16. The van der Waals surface area contributed by atoms with E-state index in [0.717, 1.165) is 6.54 Å². The summed E-state index contributed by atoms with van der Waals surface area (Å²) in [5.74, 6) is -1.08. The van der Waals surface area contributed by atoms with Gasteiger partial charge in [0.1, 0.15) is 0 Å². The third-order valence-electron chi connectivity index (χ3n) is 3.38. The van der Waals surface area contributed by atoms with Crippen LogP contribution < -0.4 is 10.6 Å². The van der Waals surface area contributed by atoms with Crippen LogP contribution >= 0.6 is 15.9 Å². The first-order valence-corrected chi connectivity index (χ1v) is 7.54. The van der Waals surface area contributed by atoms with Gasteiger partial charge in [-0.25, -0.2) is 9.59 Å². The number of likely N-dealkylation sites (N-methyl/N-ethyl adjacent to an activating group) is 1. The van der Waals surface area contributed by atoms with E-state index in [9.17, 15) is 9.59 Å². The van der Waals surface area contributed by atoms with Crippen molar-refractivity contribution in [1.29, 1.82) is 0 Å². The minimum absolute atomic E-state index is 0.0506. The fourth-order valence-electron chi connectivity index (χ4n) is 2.01. The van der Waals surface area contributed by atoms with Gasteiger partial charge in [-0.05, 0) is 38.1 Å². The molecule has 2 rings (SSSR count). The summed E-state index contributed by atoms with van der Waals surface area (Å²) in [6, 6.07) is 4.95. The summed E-state index contributed by atoms with van der Waals surface area (Å²) < 4.78 is 0.650. The molecule has 1 aromatic carbocycles. The SMILES string of the molecule is CN(CCNC(=O)Nc1ccc(Br)cc1C(=O)O)C1CC1. The van der Waals surface area contributed by atoms with Crippen LogP contribution in [0.15, 0.2) is 22.7 Å². The topological polar surface area (TPSA) is 81.7 Å². The van der Waals surface area contributed by atoms with Gasteiger partial charge in [0.25, 0.3) is 0 Å². The molecule has 2 amide bonds. The van der Waals surface area contributed by atoms with Crippen molar-refractivity contribution in [3.05, 3.63) is 28.2 Å². The Bertz CT molecular complexity index is 546. The molecule has 0 unspecified atom stereocenters. The van der Waals surface area contributed by atoms with Gasteiger partial charge in [-0.2, -0.15) is 0 Å². The fraction of sp³-hybridized carbons (Fsp3) is 0.429. The zero-order valence-electron chi connectivity index (χ0n) is 11.7. The molecule has 1 aliphatic carbocycles. The number of carbonyl (C=O) groups excluding carboxylic acids is 1. The van der Waals surface area contributed by atoms with E-state index in [2.05, 4.69) is 31.5 Å². The highest BCUT2D eigenvalue weighted by molar-refractivity contribution is 9.10. The number of benzene rings is 1. The minimum Gasteiger partial charge on any atom is -0.478 e. The van der Waals surface area contributed by atoms with Crippen molar-refractivity contribution in [2.24, 2.45) is 0 Å². The number of carbonyl (C=O) groups is 2. The number of anilines is 1. The quantitative estimate of drug-likeness (QED) is 0.731. The first kappa shape index (κ1) is 15.8. The Hall–Kier alpha value is -1.60. The highest BCUT2D eigenvalue weighted by Gasteiger charge is 2.25. The molecule has 0 spiro atoms. The van der Waals surface area contributed by atoms with E-state index in [0.29, 0.717) is 17.1 Å². The average Bonchev–Trinajstić information content (AvgIpc) is 3.25. The van der Waals surface area contributed by atoms with Crippen LogP contribution in [-0.2, 0) is 0 Å². The highest BCUT2D eigenvalue weighted by Crippen LogP contribution is 2.24. The molecule has 0 saturated heterocycles. The lowest BCUT2D eigenvalue weighted by molar-refractivity contribution is 0.0698. The van der Waals surface area contributed by atoms with E-state index in [1.807, 2.05) is 7.05 Å². The third-order valence-corrected chi connectivity index (χ3v) is 3.87.